The Hall–Kier alpha value is -3.61. The largest absolute Gasteiger partial charge is 0.350 e. The molecule has 28 heavy (non-hydrogen) atoms. The Bertz CT molecular complexity index is 1230. The lowest BCUT2D eigenvalue weighted by molar-refractivity contribution is 0.685. The minimum absolute atomic E-state index is 0.178. The highest BCUT2D eigenvalue weighted by atomic mass is 16.1. The average Bonchev–Trinajstić information content (AvgIpc) is 2.73. The lowest BCUT2D eigenvalue weighted by Gasteiger charge is -2.30. The van der Waals surface area contributed by atoms with Gasteiger partial charge in [-0.3, -0.25) is 14.8 Å². The van der Waals surface area contributed by atoms with Crippen LogP contribution >= 0.6 is 0 Å². The zero-order valence-electron chi connectivity index (χ0n) is 15.4. The van der Waals surface area contributed by atoms with Gasteiger partial charge in [0.05, 0.1) is 5.69 Å². The van der Waals surface area contributed by atoms with Crippen molar-refractivity contribution in [2.75, 3.05) is 11.4 Å². The maximum Gasteiger partial charge on any atom is 0.274 e. The number of hydrogen-bond donors (Lipinski definition) is 0. The van der Waals surface area contributed by atoms with Crippen LogP contribution in [0.4, 0.5) is 5.82 Å². The summed E-state index contributed by atoms with van der Waals surface area (Å²) in [5, 5.41) is 4.59. The molecule has 0 bridgehead atoms. The number of pyridine rings is 2. The predicted octanol–water partition coefficient (Wildman–Crippen LogP) is 2.42. The molecule has 0 aromatic carbocycles. The zero-order valence-corrected chi connectivity index (χ0v) is 15.4. The van der Waals surface area contributed by atoms with Crippen molar-refractivity contribution in [2.24, 2.45) is 0 Å². The monoisotopic (exact) mass is 370 g/mol. The number of nitrogens with zero attached hydrogens (tertiary/aromatic N) is 6. The van der Waals surface area contributed by atoms with Gasteiger partial charge in [-0.25, -0.2) is 4.98 Å². The minimum Gasteiger partial charge on any atom is -0.350 e. The van der Waals surface area contributed by atoms with Gasteiger partial charge in [-0.15, -0.1) is 5.10 Å². The first-order valence-corrected chi connectivity index (χ1v) is 9.19. The Morgan fingerprint density at radius 2 is 1.96 bits per heavy atom. The molecule has 0 fully saturated rings. The number of aromatic nitrogens is 5. The topological polar surface area (TPSA) is 76.3 Å². The Balaban J connectivity index is 1.54. The highest BCUT2D eigenvalue weighted by molar-refractivity contribution is 5.60. The molecule has 0 aliphatic carbocycles. The van der Waals surface area contributed by atoms with Crippen LogP contribution in [-0.4, -0.2) is 31.1 Å². The number of aryl methyl sites for hydroxylation is 1. The maximum absolute atomic E-state index is 12.1. The minimum atomic E-state index is -0.178. The number of fused-ring (bicyclic) bond motifs is 2. The van der Waals surface area contributed by atoms with E-state index in [9.17, 15) is 4.79 Å². The Kier molecular flexibility index (Phi) is 3.86. The molecular formula is C21H18N6O. The lowest BCUT2D eigenvalue weighted by Crippen LogP contribution is -2.33. The highest BCUT2D eigenvalue weighted by Crippen LogP contribution is 2.27. The first-order chi connectivity index (χ1) is 13.7. The van der Waals surface area contributed by atoms with Gasteiger partial charge in [0, 0.05) is 55.4 Å². The van der Waals surface area contributed by atoms with Crippen molar-refractivity contribution in [3.8, 4) is 11.3 Å². The van der Waals surface area contributed by atoms with E-state index in [1.807, 2.05) is 37.4 Å². The van der Waals surface area contributed by atoms with Crippen LogP contribution in [0, 0.1) is 6.92 Å². The summed E-state index contributed by atoms with van der Waals surface area (Å²) in [5.74, 6) is 0.802. The van der Waals surface area contributed by atoms with Crippen molar-refractivity contribution >= 4 is 11.5 Å². The third-order valence-electron chi connectivity index (χ3n) is 5.04. The normalized spacial score (nSPS) is 13.5. The van der Waals surface area contributed by atoms with Gasteiger partial charge in [-0.1, -0.05) is 6.07 Å². The van der Waals surface area contributed by atoms with Crippen LogP contribution in [0.3, 0.4) is 0 Å². The van der Waals surface area contributed by atoms with Gasteiger partial charge >= 0.3 is 0 Å². The van der Waals surface area contributed by atoms with Gasteiger partial charge in [-0.2, -0.15) is 4.52 Å². The molecule has 0 radical (unpaired) electrons. The second-order valence-electron chi connectivity index (χ2n) is 6.92. The highest BCUT2D eigenvalue weighted by Gasteiger charge is 2.21. The molecule has 0 N–H and O–H groups in total. The first kappa shape index (κ1) is 16.6. The summed E-state index contributed by atoms with van der Waals surface area (Å²) in [7, 11) is 0. The molecule has 138 valence electrons. The van der Waals surface area contributed by atoms with E-state index in [1.54, 1.807) is 6.20 Å². The first-order valence-electron chi connectivity index (χ1n) is 9.19. The fourth-order valence-electron chi connectivity index (χ4n) is 3.64. The number of anilines is 1. The quantitative estimate of drug-likeness (QED) is 0.539. The van der Waals surface area contributed by atoms with Crippen LogP contribution in [0.5, 0.6) is 0 Å². The average molecular weight is 370 g/mol. The number of rotatable bonds is 2. The molecule has 1 aliphatic rings. The molecule has 0 saturated heterocycles. The summed E-state index contributed by atoms with van der Waals surface area (Å²) in [6, 6.07) is 11.3. The summed E-state index contributed by atoms with van der Waals surface area (Å²) < 4.78 is 1.36. The van der Waals surface area contributed by atoms with Crippen LogP contribution < -0.4 is 10.5 Å². The summed E-state index contributed by atoms with van der Waals surface area (Å²) in [6.07, 6.45) is 6.02. The van der Waals surface area contributed by atoms with Crippen molar-refractivity contribution in [2.45, 2.75) is 19.9 Å². The Morgan fingerprint density at radius 3 is 2.82 bits per heavy atom. The van der Waals surface area contributed by atoms with E-state index in [4.69, 9.17) is 0 Å². The molecule has 0 unspecified atom stereocenters. The van der Waals surface area contributed by atoms with Crippen LogP contribution in [0.2, 0.25) is 0 Å². The summed E-state index contributed by atoms with van der Waals surface area (Å²) >= 11 is 0. The van der Waals surface area contributed by atoms with Gasteiger partial charge in [0.2, 0.25) is 0 Å². The van der Waals surface area contributed by atoms with Crippen LogP contribution in [0.1, 0.15) is 16.8 Å². The third kappa shape index (κ3) is 2.81. The molecular weight excluding hydrogens is 352 g/mol. The predicted molar refractivity (Wildman–Crippen MR) is 106 cm³/mol. The molecule has 0 amide bonds. The maximum atomic E-state index is 12.1. The van der Waals surface area contributed by atoms with Gasteiger partial charge in [0.1, 0.15) is 0 Å². The molecule has 7 nitrogen and oxygen atoms in total. The fourth-order valence-corrected chi connectivity index (χ4v) is 3.64. The molecule has 0 atom stereocenters. The Labute approximate surface area is 161 Å². The van der Waals surface area contributed by atoms with Crippen molar-refractivity contribution < 1.29 is 0 Å². The molecule has 4 aromatic rings. The molecule has 5 heterocycles. The van der Waals surface area contributed by atoms with E-state index in [0.717, 1.165) is 46.9 Å². The second-order valence-corrected chi connectivity index (χ2v) is 6.92. The van der Waals surface area contributed by atoms with Gasteiger partial charge < -0.3 is 4.90 Å². The number of hydrogen-bond acceptors (Lipinski definition) is 6. The van der Waals surface area contributed by atoms with Gasteiger partial charge in [0.15, 0.2) is 11.5 Å². The smallest absolute Gasteiger partial charge is 0.274 e. The van der Waals surface area contributed by atoms with E-state index in [1.165, 1.54) is 16.8 Å². The molecule has 4 aromatic heterocycles. The van der Waals surface area contributed by atoms with E-state index in [-0.39, 0.29) is 5.56 Å². The molecule has 7 heteroatoms. The van der Waals surface area contributed by atoms with E-state index < -0.39 is 0 Å². The zero-order chi connectivity index (χ0) is 19.1. The van der Waals surface area contributed by atoms with E-state index in [0.29, 0.717) is 12.2 Å². The standard InChI is InChI=1S/C21H18N6O/c1-14-10-19-23-8-5-20(28)27(19)25-21(14)26-9-6-18-16(13-26)11-15(12-24-18)17-4-2-3-7-22-17/h2-5,7-8,10-12H,6,9,13H2,1H3. The summed E-state index contributed by atoms with van der Waals surface area (Å²) in [4.78, 5) is 27.7. The fraction of sp³-hybridized carbons (Fsp3) is 0.190. The van der Waals surface area contributed by atoms with Crippen LogP contribution in [0.25, 0.3) is 16.9 Å². The van der Waals surface area contributed by atoms with E-state index >= 15 is 0 Å². The SMILES string of the molecule is Cc1cc2nccc(=O)n2nc1N1CCc2ncc(-c3ccccn3)cc2C1. The second kappa shape index (κ2) is 6.53. The van der Waals surface area contributed by atoms with Crippen molar-refractivity contribution in [1.29, 1.82) is 0 Å². The van der Waals surface area contributed by atoms with Gasteiger partial charge in [0.25, 0.3) is 5.56 Å². The summed E-state index contributed by atoms with van der Waals surface area (Å²) in [6.45, 7) is 3.49. The summed E-state index contributed by atoms with van der Waals surface area (Å²) in [5.41, 5.74) is 5.56. The van der Waals surface area contributed by atoms with Gasteiger partial charge in [-0.05, 0) is 42.3 Å². The Morgan fingerprint density at radius 1 is 1.04 bits per heavy atom. The lowest BCUT2D eigenvalue weighted by atomic mass is 10.0. The van der Waals surface area contributed by atoms with Crippen LogP contribution in [-0.2, 0) is 13.0 Å². The third-order valence-corrected chi connectivity index (χ3v) is 5.04. The van der Waals surface area contributed by atoms with Crippen LogP contribution in [0.15, 0.2) is 59.8 Å². The van der Waals surface area contributed by atoms with Crippen molar-refractivity contribution in [3.05, 3.63) is 82.2 Å². The van der Waals surface area contributed by atoms with E-state index in [2.05, 4.69) is 31.0 Å². The van der Waals surface area contributed by atoms with Crippen molar-refractivity contribution in [3.63, 3.8) is 0 Å². The molecule has 0 spiro atoms. The molecule has 0 saturated carbocycles. The molecule has 5 rings (SSSR count). The molecule has 1 aliphatic heterocycles. The van der Waals surface area contributed by atoms with Crippen molar-refractivity contribution in [1.82, 2.24) is 24.6 Å².